The van der Waals surface area contributed by atoms with Crippen LogP contribution in [0.15, 0.2) is 0 Å². The highest BCUT2D eigenvalue weighted by Gasteiger charge is 2.30. The van der Waals surface area contributed by atoms with Crippen molar-refractivity contribution in [1.29, 1.82) is 0 Å². The molecule has 18 heavy (non-hydrogen) atoms. The Labute approximate surface area is 114 Å². The van der Waals surface area contributed by atoms with E-state index < -0.39 is 0 Å². The van der Waals surface area contributed by atoms with E-state index in [1.807, 2.05) is 0 Å². The fourth-order valence-electron chi connectivity index (χ4n) is 3.88. The molecule has 0 bridgehead atoms. The molecule has 1 saturated carbocycles. The fourth-order valence-corrected chi connectivity index (χ4v) is 3.88. The zero-order valence-corrected chi connectivity index (χ0v) is 12.5. The van der Waals surface area contributed by atoms with Crippen LogP contribution in [-0.4, -0.2) is 37.1 Å². The van der Waals surface area contributed by atoms with Crippen molar-refractivity contribution in [2.75, 3.05) is 26.2 Å². The number of rotatable bonds is 6. The lowest BCUT2D eigenvalue weighted by molar-refractivity contribution is 0.0870. The molecule has 0 aromatic carbocycles. The molecule has 2 fully saturated rings. The number of likely N-dealkylation sites (tertiary alicyclic amines) is 1. The molecule has 2 heteroatoms. The van der Waals surface area contributed by atoms with Gasteiger partial charge in [-0.05, 0) is 44.6 Å². The van der Waals surface area contributed by atoms with E-state index in [0.717, 1.165) is 11.8 Å². The van der Waals surface area contributed by atoms with E-state index in [4.69, 9.17) is 0 Å². The lowest BCUT2D eigenvalue weighted by Crippen LogP contribution is -2.45. The molecular weight excluding hydrogens is 220 g/mol. The summed E-state index contributed by atoms with van der Waals surface area (Å²) in [6, 6.07) is 0.696. The predicted molar refractivity (Wildman–Crippen MR) is 78.9 cm³/mol. The van der Waals surface area contributed by atoms with Crippen molar-refractivity contribution in [3.63, 3.8) is 0 Å². The van der Waals surface area contributed by atoms with Gasteiger partial charge in [-0.3, -0.25) is 0 Å². The zero-order valence-electron chi connectivity index (χ0n) is 12.5. The van der Waals surface area contributed by atoms with Crippen LogP contribution in [0.2, 0.25) is 0 Å². The quantitative estimate of drug-likeness (QED) is 0.780. The molecule has 0 aromatic rings. The fraction of sp³-hybridized carbons (Fsp3) is 1.00. The first kappa shape index (κ1) is 14.3. The van der Waals surface area contributed by atoms with Gasteiger partial charge in [0.1, 0.15) is 0 Å². The highest BCUT2D eigenvalue weighted by molar-refractivity contribution is 4.83. The lowest BCUT2D eigenvalue weighted by Gasteiger charge is -2.41. The maximum Gasteiger partial charge on any atom is 0.0107 e. The first-order valence-electron chi connectivity index (χ1n) is 8.25. The van der Waals surface area contributed by atoms with Crippen LogP contribution >= 0.6 is 0 Å². The number of fused-ring (bicyclic) bond motifs is 1. The van der Waals surface area contributed by atoms with Crippen molar-refractivity contribution in [3.05, 3.63) is 0 Å². The van der Waals surface area contributed by atoms with Crippen molar-refractivity contribution >= 4 is 0 Å². The molecule has 106 valence electrons. The van der Waals surface area contributed by atoms with Gasteiger partial charge in [0.25, 0.3) is 0 Å². The maximum absolute atomic E-state index is 3.66. The number of hydrogen-bond acceptors (Lipinski definition) is 2. The average molecular weight is 252 g/mol. The van der Waals surface area contributed by atoms with Crippen LogP contribution in [0.4, 0.5) is 0 Å². The van der Waals surface area contributed by atoms with Gasteiger partial charge in [-0.25, -0.2) is 0 Å². The van der Waals surface area contributed by atoms with E-state index in [2.05, 4.69) is 24.1 Å². The topological polar surface area (TPSA) is 15.3 Å². The Bertz CT molecular complexity index is 229. The van der Waals surface area contributed by atoms with E-state index in [9.17, 15) is 0 Å². The van der Waals surface area contributed by atoms with Gasteiger partial charge in [-0.1, -0.05) is 32.6 Å². The molecule has 2 nitrogen and oxygen atoms in total. The van der Waals surface area contributed by atoms with Crippen LogP contribution in [0, 0.1) is 11.8 Å². The molecule has 3 atom stereocenters. The SMILES string of the molecule is CCCC(C)NCCN1CCC2CCCCC2C1. The summed E-state index contributed by atoms with van der Waals surface area (Å²) in [5.41, 5.74) is 0. The van der Waals surface area contributed by atoms with Crippen molar-refractivity contribution in [1.82, 2.24) is 10.2 Å². The van der Waals surface area contributed by atoms with Crippen molar-refractivity contribution in [2.45, 2.75) is 64.8 Å². The summed E-state index contributed by atoms with van der Waals surface area (Å²) in [4.78, 5) is 2.71. The first-order chi connectivity index (χ1) is 8.79. The molecular formula is C16H32N2. The van der Waals surface area contributed by atoms with Crippen LogP contribution in [0.25, 0.3) is 0 Å². The Morgan fingerprint density at radius 1 is 1.17 bits per heavy atom. The Hall–Kier alpha value is -0.0800. The third-order valence-electron chi connectivity index (χ3n) is 5.02. The Morgan fingerprint density at radius 2 is 1.94 bits per heavy atom. The summed E-state index contributed by atoms with van der Waals surface area (Å²) < 4.78 is 0. The second-order valence-electron chi connectivity index (χ2n) is 6.54. The van der Waals surface area contributed by atoms with E-state index >= 15 is 0 Å². The summed E-state index contributed by atoms with van der Waals surface area (Å²) >= 11 is 0. The molecule has 0 aromatic heterocycles. The molecule has 1 N–H and O–H groups in total. The molecule has 0 spiro atoms. The molecule has 2 rings (SSSR count). The van der Waals surface area contributed by atoms with Gasteiger partial charge in [0, 0.05) is 25.7 Å². The molecule has 1 aliphatic carbocycles. The number of hydrogen-bond donors (Lipinski definition) is 1. The third kappa shape index (κ3) is 4.24. The lowest BCUT2D eigenvalue weighted by atomic mass is 9.75. The van der Waals surface area contributed by atoms with Gasteiger partial charge in [-0.2, -0.15) is 0 Å². The molecule has 1 saturated heterocycles. The molecule has 0 amide bonds. The number of nitrogens with zero attached hydrogens (tertiary/aromatic N) is 1. The third-order valence-corrected chi connectivity index (χ3v) is 5.02. The van der Waals surface area contributed by atoms with Gasteiger partial charge in [0.05, 0.1) is 0 Å². The van der Waals surface area contributed by atoms with Crippen LogP contribution < -0.4 is 5.32 Å². The second-order valence-corrected chi connectivity index (χ2v) is 6.54. The molecule has 1 heterocycles. The Morgan fingerprint density at radius 3 is 2.72 bits per heavy atom. The van der Waals surface area contributed by atoms with Crippen molar-refractivity contribution < 1.29 is 0 Å². The van der Waals surface area contributed by atoms with Crippen molar-refractivity contribution in [2.24, 2.45) is 11.8 Å². The molecule has 1 aliphatic heterocycles. The maximum atomic E-state index is 3.66. The normalized spacial score (nSPS) is 31.0. The van der Waals surface area contributed by atoms with E-state index in [-0.39, 0.29) is 0 Å². The minimum absolute atomic E-state index is 0.696. The summed E-state index contributed by atoms with van der Waals surface area (Å²) in [5.74, 6) is 2.10. The zero-order chi connectivity index (χ0) is 12.8. The monoisotopic (exact) mass is 252 g/mol. The summed E-state index contributed by atoms with van der Waals surface area (Å²) in [6.07, 6.45) is 10.1. The minimum Gasteiger partial charge on any atom is -0.313 e. The van der Waals surface area contributed by atoms with Gasteiger partial charge in [0.15, 0.2) is 0 Å². The van der Waals surface area contributed by atoms with Gasteiger partial charge in [0.2, 0.25) is 0 Å². The first-order valence-corrected chi connectivity index (χ1v) is 8.25. The van der Waals surface area contributed by atoms with E-state index in [1.165, 1.54) is 71.1 Å². The summed E-state index contributed by atoms with van der Waals surface area (Å²) in [7, 11) is 0. The van der Waals surface area contributed by atoms with E-state index in [0.29, 0.717) is 6.04 Å². The van der Waals surface area contributed by atoms with Crippen molar-refractivity contribution in [3.8, 4) is 0 Å². The minimum atomic E-state index is 0.696. The largest absolute Gasteiger partial charge is 0.313 e. The standard InChI is InChI=1S/C16H32N2/c1-3-6-14(2)17-10-12-18-11-9-15-7-4-5-8-16(15)13-18/h14-17H,3-13H2,1-2H3. The number of piperidine rings is 1. The highest BCUT2D eigenvalue weighted by Crippen LogP contribution is 2.35. The summed E-state index contributed by atoms with van der Waals surface area (Å²) in [6.45, 7) is 9.76. The predicted octanol–water partition coefficient (Wildman–Crippen LogP) is 3.28. The van der Waals surface area contributed by atoms with Crippen LogP contribution in [0.1, 0.15) is 58.8 Å². The van der Waals surface area contributed by atoms with Crippen LogP contribution in [0.3, 0.4) is 0 Å². The highest BCUT2D eigenvalue weighted by atomic mass is 15.1. The van der Waals surface area contributed by atoms with Gasteiger partial charge >= 0.3 is 0 Å². The van der Waals surface area contributed by atoms with Gasteiger partial charge < -0.3 is 10.2 Å². The van der Waals surface area contributed by atoms with Crippen LogP contribution in [0.5, 0.6) is 0 Å². The second kappa shape index (κ2) is 7.49. The van der Waals surface area contributed by atoms with E-state index in [1.54, 1.807) is 0 Å². The average Bonchev–Trinajstić information content (AvgIpc) is 2.39. The Kier molecular flexibility index (Phi) is 5.97. The molecule has 2 aliphatic rings. The molecule has 3 unspecified atom stereocenters. The summed E-state index contributed by atoms with van der Waals surface area (Å²) in [5, 5.41) is 3.66. The Balaban J connectivity index is 1.62. The number of nitrogens with one attached hydrogen (secondary N) is 1. The molecule has 0 radical (unpaired) electrons. The van der Waals surface area contributed by atoms with Crippen LogP contribution in [-0.2, 0) is 0 Å². The smallest absolute Gasteiger partial charge is 0.0107 e. The van der Waals surface area contributed by atoms with Gasteiger partial charge in [-0.15, -0.1) is 0 Å².